The quantitative estimate of drug-likeness (QED) is 0.595. The third-order valence-corrected chi connectivity index (χ3v) is 2.54. The molecule has 1 aromatic carbocycles. The van der Waals surface area contributed by atoms with Gasteiger partial charge in [-0.05, 0) is 5.56 Å². The number of carbonyl (C=O) groups excluding carboxylic acids is 2. The van der Waals surface area contributed by atoms with Gasteiger partial charge >= 0.3 is 12.0 Å². The first-order chi connectivity index (χ1) is 9.17. The highest BCUT2D eigenvalue weighted by Gasteiger charge is 2.21. The van der Waals surface area contributed by atoms with Crippen LogP contribution in [0, 0.1) is 0 Å². The van der Waals surface area contributed by atoms with Gasteiger partial charge in [0.05, 0.1) is 20.2 Å². The lowest BCUT2D eigenvalue weighted by atomic mass is 10.1. The van der Waals surface area contributed by atoms with Gasteiger partial charge in [0.1, 0.15) is 6.04 Å². The molecule has 0 aromatic heterocycles. The van der Waals surface area contributed by atoms with Gasteiger partial charge in [0.15, 0.2) is 0 Å². The van der Waals surface area contributed by atoms with Crippen molar-refractivity contribution in [1.29, 1.82) is 0 Å². The van der Waals surface area contributed by atoms with Gasteiger partial charge in [-0.15, -0.1) is 0 Å². The number of ether oxygens (including phenoxy) is 1. The topological polar surface area (TPSA) is 95.1 Å². The van der Waals surface area contributed by atoms with Crippen LogP contribution in [0.25, 0.3) is 0 Å². The summed E-state index contributed by atoms with van der Waals surface area (Å²) < 4.78 is 4.70. The summed E-state index contributed by atoms with van der Waals surface area (Å²) in [5, 5.41) is 5.21. The maximum absolute atomic E-state index is 11.6. The van der Waals surface area contributed by atoms with E-state index in [0.29, 0.717) is 19.5 Å². The Hall–Kier alpha value is -2.08. The van der Waals surface area contributed by atoms with Gasteiger partial charge in [-0.2, -0.15) is 0 Å². The average molecular weight is 266 g/mol. The number of carbonyl (C=O) groups is 2. The summed E-state index contributed by atoms with van der Waals surface area (Å²) in [6.07, 6.45) is 0.394. The van der Waals surface area contributed by atoms with Crippen molar-refractivity contribution in [1.82, 2.24) is 10.6 Å². The molecule has 6 heteroatoms. The molecule has 1 atom stereocenters. The minimum absolute atomic E-state index is 0.394. The lowest BCUT2D eigenvalue weighted by molar-refractivity contribution is -0.364. The van der Waals surface area contributed by atoms with E-state index in [0.717, 1.165) is 5.56 Å². The number of hydrogen-bond donors (Lipinski definition) is 3. The summed E-state index contributed by atoms with van der Waals surface area (Å²) in [4.78, 5) is 23.2. The first kappa shape index (κ1) is 15.0. The number of urea groups is 1. The van der Waals surface area contributed by atoms with Crippen LogP contribution in [-0.2, 0) is 16.0 Å². The Kier molecular flexibility index (Phi) is 6.38. The molecule has 1 aromatic rings. The number of amides is 2. The van der Waals surface area contributed by atoms with Crippen molar-refractivity contribution in [3.63, 3.8) is 0 Å². The van der Waals surface area contributed by atoms with Gasteiger partial charge < -0.3 is 21.1 Å². The summed E-state index contributed by atoms with van der Waals surface area (Å²) in [6.45, 7) is 1.06. The monoisotopic (exact) mass is 266 g/mol. The highest BCUT2D eigenvalue weighted by Crippen LogP contribution is 2.04. The minimum Gasteiger partial charge on any atom is -0.467 e. The molecule has 0 unspecified atom stereocenters. The second kappa shape index (κ2) is 8.10. The van der Waals surface area contributed by atoms with Crippen molar-refractivity contribution < 1.29 is 20.1 Å². The van der Waals surface area contributed by atoms with E-state index < -0.39 is 18.0 Å². The van der Waals surface area contributed by atoms with Crippen LogP contribution in [0.15, 0.2) is 30.3 Å². The maximum atomic E-state index is 11.6. The van der Waals surface area contributed by atoms with Gasteiger partial charge in [-0.1, -0.05) is 30.3 Å². The van der Waals surface area contributed by atoms with Crippen LogP contribution in [0.3, 0.4) is 0 Å². The molecule has 19 heavy (non-hydrogen) atoms. The van der Waals surface area contributed by atoms with E-state index in [9.17, 15) is 9.59 Å². The van der Waals surface area contributed by atoms with Crippen LogP contribution >= 0.6 is 0 Å². The van der Waals surface area contributed by atoms with Crippen LogP contribution in [-0.4, -0.2) is 38.2 Å². The molecule has 0 radical (unpaired) electrons. The normalized spacial score (nSPS) is 11.5. The third-order valence-electron chi connectivity index (χ3n) is 2.54. The van der Waals surface area contributed by atoms with Crippen LogP contribution in [0.5, 0.6) is 0 Å². The van der Waals surface area contributed by atoms with Crippen LogP contribution in [0.2, 0.25) is 0 Å². The van der Waals surface area contributed by atoms with E-state index in [1.807, 2.05) is 30.3 Å². The number of nitrogens with one attached hydrogen (secondary N) is 2. The molecule has 0 aliphatic rings. The molecule has 0 heterocycles. The smallest absolute Gasteiger partial charge is 0.328 e. The minimum atomic E-state index is -0.697. The molecule has 6 nitrogen and oxygen atoms in total. The summed E-state index contributed by atoms with van der Waals surface area (Å²) in [6, 6.07) is 8.35. The number of rotatable bonds is 6. The van der Waals surface area contributed by atoms with E-state index in [-0.39, 0.29) is 0 Å². The Balaban J connectivity index is 2.62. The van der Waals surface area contributed by atoms with Gasteiger partial charge in [-0.3, -0.25) is 0 Å². The molecule has 0 spiro atoms. The Labute approximate surface area is 112 Å². The molecule has 2 amide bonds. The highest BCUT2D eigenvalue weighted by atomic mass is 16.5. The third kappa shape index (κ3) is 5.39. The predicted octanol–water partition coefficient (Wildman–Crippen LogP) is -0.688. The second-order valence-electron chi connectivity index (χ2n) is 4.02. The molecular formula is C13H20N3O3+. The van der Waals surface area contributed by atoms with E-state index in [4.69, 9.17) is 4.74 Å². The highest BCUT2D eigenvalue weighted by molar-refractivity contribution is 5.83. The van der Waals surface area contributed by atoms with E-state index in [1.54, 1.807) is 0 Å². The largest absolute Gasteiger partial charge is 0.467 e. The zero-order chi connectivity index (χ0) is 14.1. The zero-order valence-electron chi connectivity index (χ0n) is 11.0. The zero-order valence-corrected chi connectivity index (χ0v) is 11.0. The lowest BCUT2D eigenvalue weighted by Gasteiger charge is -2.16. The molecule has 104 valence electrons. The molecule has 0 saturated carbocycles. The second-order valence-corrected chi connectivity index (χ2v) is 4.02. The summed E-state index contributed by atoms with van der Waals surface area (Å²) in [5.74, 6) is -0.464. The Morgan fingerprint density at radius 3 is 2.58 bits per heavy atom. The molecule has 0 saturated heterocycles. The number of hydrogen-bond acceptors (Lipinski definition) is 3. The standard InChI is InChI=1S/C13H19N3O3/c1-19-12(17)11(16-13(18)15-8-7-14)9-10-5-3-2-4-6-10/h2-6,11H,7-9,14H2,1H3,(H2,15,16,18)/p+1/t11-/m0/s1. The van der Waals surface area contributed by atoms with Crippen molar-refractivity contribution in [2.45, 2.75) is 12.5 Å². The average Bonchev–Trinajstić information content (AvgIpc) is 2.44. The fraction of sp³-hybridized carbons (Fsp3) is 0.385. The van der Waals surface area contributed by atoms with Crippen molar-refractivity contribution in [2.75, 3.05) is 20.2 Å². The van der Waals surface area contributed by atoms with E-state index in [2.05, 4.69) is 16.4 Å². The van der Waals surface area contributed by atoms with E-state index >= 15 is 0 Å². The van der Waals surface area contributed by atoms with Crippen molar-refractivity contribution in [3.8, 4) is 0 Å². The van der Waals surface area contributed by atoms with Crippen molar-refractivity contribution in [3.05, 3.63) is 35.9 Å². The van der Waals surface area contributed by atoms with Crippen molar-refractivity contribution in [2.24, 2.45) is 0 Å². The predicted molar refractivity (Wildman–Crippen MR) is 70.2 cm³/mol. The van der Waals surface area contributed by atoms with Crippen molar-refractivity contribution >= 4 is 12.0 Å². The number of methoxy groups -OCH3 is 1. The molecule has 0 bridgehead atoms. The summed E-state index contributed by atoms with van der Waals surface area (Å²) in [7, 11) is 1.30. The molecular weight excluding hydrogens is 246 g/mol. The molecule has 0 fully saturated rings. The van der Waals surface area contributed by atoms with Gasteiger partial charge in [-0.25, -0.2) is 9.59 Å². The molecule has 0 aliphatic carbocycles. The van der Waals surface area contributed by atoms with Gasteiger partial charge in [0, 0.05) is 6.42 Å². The maximum Gasteiger partial charge on any atom is 0.328 e. The van der Waals surface area contributed by atoms with Crippen LogP contribution in [0.4, 0.5) is 4.79 Å². The molecule has 5 N–H and O–H groups in total. The number of esters is 1. The number of quaternary nitrogens is 1. The molecule has 0 aliphatic heterocycles. The SMILES string of the molecule is COC(=O)[C@H](Cc1ccccc1)NC(=O)NCC[NH3+]. The summed E-state index contributed by atoms with van der Waals surface area (Å²) >= 11 is 0. The molecule has 1 rings (SSSR count). The van der Waals surface area contributed by atoms with Gasteiger partial charge in [0.25, 0.3) is 0 Å². The lowest BCUT2D eigenvalue weighted by Crippen LogP contribution is -2.56. The first-order valence-electron chi connectivity index (χ1n) is 6.12. The fourth-order valence-corrected chi connectivity index (χ4v) is 1.60. The van der Waals surface area contributed by atoms with E-state index in [1.165, 1.54) is 7.11 Å². The summed E-state index contributed by atoms with van der Waals surface area (Å²) in [5.41, 5.74) is 4.58. The fourth-order valence-electron chi connectivity index (χ4n) is 1.60. The Morgan fingerprint density at radius 2 is 2.00 bits per heavy atom. The Morgan fingerprint density at radius 1 is 1.32 bits per heavy atom. The van der Waals surface area contributed by atoms with Crippen LogP contribution < -0.4 is 16.4 Å². The van der Waals surface area contributed by atoms with Gasteiger partial charge in [0.2, 0.25) is 0 Å². The first-order valence-corrected chi connectivity index (χ1v) is 6.12. The Bertz CT molecular complexity index is 409. The number of benzene rings is 1. The van der Waals surface area contributed by atoms with Crippen LogP contribution in [0.1, 0.15) is 5.56 Å².